The molecule has 0 saturated heterocycles. The molecule has 0 aromatic heterocycles. The van der Waals surface area contributed by atoms with E-state index >= 15 is 0 Å². The van der Waals surface area contributed by atoms with E-state index < -0.39 is 86.0 Å². The lowest BCUT2D eigenvalue weighted by Gasteiger charge is -2.50. The van der Waals surface area contributed by atoms with Gasteiger partial charge < -0.3 is 19.3 Å². The van der Waals surface area contributed by atoms with Crippen LogP contribution in [-0.2, 0) is 14.2 Å². The van der Waals surface area contributed by atoms with Crippen LogP contribution in [-0.4, -0.2) is 67.1 Å². The molecule has 4 nitrogen and oxygen atoms in total. The van der Waals surface area contributed by atoms with E-state index in [2.05, 4.69) is 9.47 Å². The van der Waals surface area contributed by atoms with Crippen LogP contribution < -0.4 is 0 Å². The van der Waals surface area contributed by atoms with Crippen molar-refractivity contribution in [3.05, 3.63) is 0 Å². The summed E-state index contributed by atoms with van der Waals surface area (Å²) in [7, 11) is 0.669. The molecule has 0 amide bonds. The molecule has 0 radical (unpaired) electrons. The van der Waals surface area contributed by atoms with Crippen molar-refractivity contribution in [2.45, 2.75) is 87.6 Å². The van der Waals surface area contributed by atoms with Crippen LogP contribution >= 0.6 is 0 Å². The number of methoxy groups -OCH3 is 1. The molecular weight excluding hydrogens is 508 g/mol. The van der Waals surface area contributed by atoms with Crippen molar-refractivity contribution in [3.8, 4) is 0 Å². The second-order valence-electron chi connectivity index (χ2n) is 8.12. The van der Waals surface area contributed by atoms with Crippen molar-refractivity contribution < 1.29 is 72.0 Å². The highest BCUT2D eigenvalue weighted by atomic mass is 19.4. The van der Waals surface area contributed by atoms with Gasteiger partial charge in [0.1, 0.15) is 6.79 Å². The summed E-state index contributed by atoms with van der Waals surface area (Å²) < 4.78 is 177. The predicted molar refractivity (Wildman–Crippen MR) is 90.3 cm³/mol. The van der Waals surface area contributed by atoms with Gasteiger partial charge >= 0.3 is 24.7 Å². The second-order valence-corrected chi connectivity index (χ2v) is 8.12. The molecule has 1 saturated carbocycles. The lowest BCUT2D eigenvalue weighted by molar-refractivity contribution is -0.420. The summed E-state index contributed by atoms with van der Waals surface area (Å²) in [5.41, 5.74) is -10.8. The Morgan fingerprint density at radius 3 is 1.56 bits per heavy atom. The molecule has 4 unspecified atom stereocenters. The number of hydrogen-bond acceptors (Lipinski definition) is 4. The van der Waals surface area contributed by atoms with Crippen LogP contribution in [0.2, 0.25) is 0 Å². The Balaban J connectivity index is 3.77. The van der Waals surface area contributed by atoms with E-state index in [-0.39, 0.29) is 6.42 Å². The molecule has 0 aromatic carbocycles. The monoisotopic (exact) mass is 532 g/mol. The Bertz CT molecular complexity index is 627. The normalized spacial score (nSPS) is 24.9. The highest BCUT2D eigenvalue weighted by molar-refractivity contribution is 5.09. The molecule has 0 aromatic rings. The molecule has 1 aliphatic rings. The highest BCUT2D eigenvalue weighted by Gasteiger charge is 2.79. The van der Waals surface area contributed by atoms with E-state index in [0.29, 0.717) is 7.11 Å². The quantitative estimate of drug-likeness (QED) is 0.311. The van der Waals surface area contributed by atoms with Crippen molar-refractivity contribution >= 4 is 0 Å². The first-order valence-electron chi connectivity index (χ1n) is 9.87. The van der Waals surface area contributed by atoms with Gasteiger partial charge in [-0.3, -0.25) is 0 Å². The molecule has 1 fully saturated rings. The Morgan fingerprint density at radius 1 is 0.765 bits per heavy atom. The van der Waals surface area contributed by atoms with Crippen LogP contribution in [0.4, 0.5) is 52.7 Å². The first kappa shape index (κ1) is 31.0. The van der Waals surface area contributed by atoms with Crippen LogP contribution in [0.1, 0.15) is 39.5 Å². The average Bonchev–Trinajstić information content (AvgIpc) is 2.63. The van der Waals surface area contributed by atoms with E-state index in [4.69, 9.17) is 4.74 Å². The lowest BCUT2D eigenvalue weighted by Crippen LogP contribution is -2.68. The summed E-state index contributed by atoms with van der Waals surface area (Å²) in [5.74, 6) is -6.19. The van der Waals surface area contributed by atoms with Gasteiger partial charge in [0.15, 0.2) is 0 Å². The number of aliphatic hydroxyl groups is 1. The van der Waals surface area contributed by atoms with Crippen molar-refractivity contribution in [1.82, 2.24) is 0 Å². The fraction of sp³-hybridized carbons (Fsp3) is 1.00. The molecular formula is C18H24F12O4. The van der Waals surface area contributed by atoms with Gasteiger partial charge in [-0.1, -0.05) is 6.92 Å². The van der Waals surface area contributed by atoms with E-state index in [1.807, 2.05) is 0 Å². The molecule has 1 rings (SSSR count). The number of alkyl halides is 12. The number of ether oxygens (including phenoxy) is 3. The molecule has 0 spiro atoms. The predicted octanol–water partition coefficient (Wildman–Crippen LogP) is 5.93. The number of hydrogen-bond donors (Lipinski definition) is 1. The van der Waals surface area contributed by atoms with E-state index in [0.717, 1.165) is 0 Å². The molecule has 4 atom stereocenters. The first-order chi connectivity index (χ1) is 15.1. The van der Waals surface area contributed by atoms with Crippen LogP contribution in [0.5, 0.6) is 0 Å². The van der Waals surface area contributed by atoms with Gasteiger partial charge in [-0.25, -0.2) is 0 Å². The number of halogens is 12. The van der Waals surface area contributed by atoms with Crippen LogP contribution in [0.25, 0.3) is 0 Å². The van der Waals surface area contributed by atoms with Crippen molar-refractivity contribution in [1.29, 1.82) is 0 Å². The van der Waals surface area contributed by atoms with Crippen LogP contribution in [0.3, 0.4) is 0 Å². The smallest absolute Gasteiger partial charge is 0.375 e. The van der Waals surface area contributed by atoms with E-state index in [9.17, 15) is 57.8 Å². The van der Waals surface area contributed by atoms with Gasteiger partial charge in [0.25, 0.3) is 11.2 Å². The zero-order valence-electron chi connectivity index (χ0n) is 18.1. The Morgan fingerprint density at radius 2 is 1.21 bits per heavy atom. The van der Waals surface area contributed by atoms with Gasteiger partial charge in [-0.2, -0.15) is 52.7 Å². The molecule has 1 N–H and O–H groups in total. The molecule has 0 heterocycles. The van der Waals surface area contributed by atoms with Gasteiger partial charge in [0.05, 0.1) is 12.2 Å². The van der Waals surface area contributed by atoms with Crippen molar-refractivity contribution in [2.24, 2.45) is 11.8 Å². The Kier molecular flexibility index (Phi) is 9.28. The minimum atomic E-state index is -6.47. The van der Waals surface area contributed by atoms with Gasteiger partial charge in [-0.15, -0.1) is 0 Å². The zero-order valence-corrected chi connectivity index (χ0v) is 18.1. The number of rotatable bonds is 8. The van der Waals surface area contributed by atoms with Crippen LogP contribution in [0, 0.1) is 11.8 Å². The summed E-state index contributed by atoms with van der Waals surface area (Å²) in [6, 6.07) is 0. The molecule has 34 heavy (non-hydrogen) atoms. The standard InChI is InChI=1S/C18H24F12O4/c1-4-9(2)34-12-6-10(13(31,15(19,20)21)16(22,23)24)5-11(7-12)14(17(25,26)27,18(28,29)30)33-8-32-3/h9-12,31H,4-8H2,1-3H3. The lowest BCUT2D eigenvalue weighted by atomic mass is 9.65. The largest absolute Gasteiger partial charge is 0.426 e. The summed E-state index contributed by atoms with van der Waals surface area (Å²) in [5, 5.41) is 9.75. The second kappa shape index (κ2) is 10.2. The van der Waals surface area contributed by atoms with Gasteiger partial charge in [0.2, 0.25) is 0 Å². The maximum atomic E-state index is 13.9. The third kappa shape index (κ3) is 5.69. The molecule has 16 heteroatoms. The molecule has 0 bridgehead atoms. The van der Waals surface area contributed by atoms with Crippen molar-refractivity contribution in [3.63, 3.8) is 0 Å². The first-order valence-corrected chi connectivity index (χ1v) is 9.87. The molecule has 1 aliphatic carbocycles. The molecule has 204 valence electrons. The fourth-order valence-electron chi connectivity index (χ4n) is 4.16. The topological polar surface area (TPSA) is 47.9 Å². The van der Waals surface area contributed by atoms with E-state index in [1.54, 1.807) is 0 Å². The highest BCUT2D eigenvalue weighted by Crippen LogP contribution is 2.59. The third-order valence-corrected chi connectivity index (χ3v) is 5.94. The SMILES string of the molecule is CCC(C)OC1CC(C(O)(C(F)(F)F)C(F)(F)F)CC(C(OCOC)(C(F)(F)F)C(F)(F)F)C1. The fourth-order valence-corrected chi connectivity index (χ4v) is 4.16. The summed E-state index contributed by atoms with van der Waals surface area (Å²) >= 11 is 0. The minimum absolute atomic E-state index is 0.0957. The van der Waals surface area contributed by atoms with Gasteiger partial charge in [0, 0.05) is 18.9 Å². The third-order valence-electron chi connectivity index (χ3n) is 5.94. The minimum Gasteiger partial charge on any atom is -0.375 e. The van der Waals surface area contributed by atoms with Crippen molar-refractivity contribution in [2.75, 3.05) is 13.9 Å². The zero-order chi connectivity index (χ0) is 27.0. The molecule has 0 aliphatic heterocycles. The van der Waals surface area contributed by atoms with Crippen LogP contribution in [0.15, 0.2) is 0 Å². The Hall–Kier alpha value is -1.00. The average molecular weight is 532 g/mol. The van der Waals surface area contributed by atoms with Gasteiger partial charge in [-0.05, 0) is 32.6 Å². The maximum Gasteiger partial charge on any atom is 0.426 e. The summed E-state index contributed by atoms with van der Waals surface area (Å²) in [4.78, 5) is 0. The summed E-state index contributed by atoms with van der Waals surface area (Å²) in [6.45, 7) is 1.11. The summed E-state index contributed by atoms with van der Waals surface area (Å²) in [6.07, 6.45) is -32.8. The Labute approximate surface area is 186 Å². The van der Waals surface area contributed by atoms with E-state index in [1.165, 1.54) is 13.8 Å². The maximum absolute atomic E-state index is 13.9.